The quantitative estimate of drug-likeness (QED) is 0.488. The van der Waals surface area contributed by atoms with Crippen LogP contribution in [0.3, 0.4) is 0 Å². The molecule has 0 spiro atoms. The molecule has 1 rings (SSSR count). The summed E-state index contributed by atoms with van der Waals surface area (Å²) in [4.78, 5) is 25.3. The molecule has 4 nitrogen and oxygen atoms in total. The predicted octanol–water partition coefficient (Wildman–Crippen LogP) is -0.628. The minimum Gasteiger partial charge on any atom is -0.314 e. The lowest BCUT2D eigenvalue weighted by Crippen LogP contribution is -2.22. The molecule has 0 aliphatic heterocycles. The van der Waals surface area contributed by atoms with Crippen LogP contribution in [-0.2, 0) is 0 Å². The SMILES string of the molecule is Cc1c[15nH]c(=O)[15nH]c1=O. The molecule has 48 valence electrons. The Bertz CT molecular complexity index is 309. The first kappa shape index (κ1) is 5.81. The zero-order valence-electron chi connectivity index (χ0n) is 4.89. The van der Waals surface area contributed by atoms with Crippen LogP contribution in [0.15, 0.2) is 15.8 Å². The van der Waals surface area contributed by atoms with Gasteiger partial charge in [0.15, 0.2) is 0 Å². The second-order valence-electron chi connectivity index (χ2n) is 1.75. The van der Waals surface area contributed by atoms with Gasteiger partial charge in [-0.15, -0.1) is 0 Å². The van der Waals surface area contributed by atoms with Crippen molar-refractivity contribution >= 4 is 0 Å². The minimum atomic E-state index is -0.467. The van der Waals surface area contributed by atoms with E-state index in [9.17, 15) is 9.59 Å². The van der Waals surface area contributed by atoms with Gasteiger partial charge in [-0.1, -0.05) is 0 Å². The Balaban J connectivity index is 3.52. The van der Waals surface area contributed by atoms with Gasteiger partial charge in [-0.3, -0.25) is 9.78 Å². The lowest BCUT2D eigenvalue weighted by molar-refractivity contribution is 1.01. The maximum absolute atomic E-state index is 10.6. The summed E-state index contributed by atoms with van der Waals surface area (Å²) in [7, 11) is 0. The monoisotopic (exact) mass is 128 g/mol. The lowest BCUT2D eigenvalue weighted by atomic mass is 10.4. The van der Waals surface area contributed by atoms with E-state index in [2.05, 4.69) is 9.97 Å². The maximum Gasteiger partial charge on any atom is 0.325 e. The molecule has 0 fully saturated rings. The van der Waals surface area contributed by atoms with Gasteiger partial charge >= 0.3 is 5.69 Å². The Morgan fingerprint density at radius 1 is 1.44 bits per heavy atom. The standard InChI is InChI=1S/C5H6N2O2/c1-3-2-6-5(9)7-4(3)8/h2H,1H3,(H2,6,7,8,9)/i6+1,7+1. The van der Waals surface area contributed by atoms with Crippen LogP contribution in [0.25, 0.3) is 0 Å². The summed E-state index contributed by atoms with van der Waals surface area (Å²) in [5.74, 6) is 0. The fourth-order valence-corrected chi connectivity index (χ4v) is 0.477. The predicted molar refractivity (Wildman–Crippen MR) is 32.4 cm³/mol. The highest BCUT2D eigenvalue weighted by Gasteiger charge is 1.88. The Morgan fingerprint density at radius 2 is 2.11 bits per heavy atom. The van der Waals surface area contributed by atoms with E-state index in [1.807, 2.05) is 0 Å². The van der Waals surface area contributed by atoms with Gasteiger partial charge in [0.2, 0.25) is 0 Å². The van der Waals surface area contributed by atoms with E-state index in [-0.39, 0.29) is 5.56 Å². The molecule has 0 atom stereocenters. The first-order valence-corrected chi connectivity index (χ1v) is 2.49. The Morgan fingerprint density at radius 3 is 2.56 bits per heavy atom. The number of rotatable bonds is 0. The zero-order valence-corrected chi connectivity index (χ0v) is 4.89. The van der Waals surface area contributed by atoms with Crippen molar-refractivity contribution in [2.45, 2.75) is 6.92 Å². The first-order chi connectivity index (χ1) is 4.20. The summed E-state index contributed by atoms with van der Waals surface area (Å²) in [6.07, 6.45) is 1.38. The molecule has 2 N–H and O–H groups in total. The Kier molecular flexibility index (Phi) is 1.22. The zero-order chi connectivity index (χ0) is 6.85. The number of hydrogen-bond donors (Lipinski definition) is 2. The molecular weight excluding hydrogens is 122 g/mol. The summed E-state index contributed by atoms with van der Waals surface area (Å²) < 4.78 is 0. The summed E-state index contributed by atoms with van der Waals surface area (Å²) in [5.41, 5.74) is -0.293. The molecule has 1 heterocycles. The normalized spacial score (nSPS) is 9.44. The van der Waals surface area contributed by atoms with Crippen molar-refractivity contribution in [3.05, 3.63) is 32.6 Å². The Hall–Kier alpha value is -1.32. The van der Waals surface area contributed by atoms with E-state index in [1.165, 1.54) is 6.20 Å². The molecule has 0 aliphatic carbocycles. The molecule has 1 aromatic heterocycles. The Labute approximate surface area is 50.6 Å². The van der Waals surface area contributed by atoms with Gasteiger partial charge in [0, 0.05) is 11.8 Å². The molecule has 9 heavy (non-hydrogen) atoms. The van der Waals surface area contributed by atoms with E-state index in [4.69, 9.17) is 0 Å². The third kappa shape index (κ3) is 1.07. The van der Waals surface area contributed by atoms with E-state index in [0.717, 1.165) is 0 Å². The van der Waals surface area contributed by atoms with Crippen LogP contribution in [0.4, 0.5) is 0 Å². The molecular formula is C5H6N2O2. The summed E-state index contributed by atoms with van der Waals surface area (Å²) >= 11 is 0. The van der Waals surface area contributed by atoms with Crippen molar-refractivity contribution < 1.29 is 0 Å². The van der Waals surface area contributed by atoms with Crippen molar-refractivity contribution in [3.8, 4) is 0 Å². The van der Waals surface area contributed by atoms with Crippen LogP contribution in [0.1, 0.15) is 5.56 Å². The third-order valence-corrected chi connectivity index (χ3v) is 1.00. The van der Waals surface area contributed by atoms with Crippen LogP contribution in [-0.4, -0.2) is 9.97 Å². The summed E-state index contributed by atoms with van der Waals surface area (Å²) in [6, 6.07) is 0. The second-order valence-corrected chi connectivity index (χ2v) is 1.75. The second kappa shape index (κ2) is 1.89. The lowest BCUT2D eigenvalue weighted by Gasteiger charge is -1.84. The summed E-state index contributed by atoms with van der Waals surface area (Å²) in [6.45, 7) is 1.62. The van der Waals surface area contributed by atoms with Gasteiger partial charge in [-0.25, -0.2) is 4.79 Å². The maximum atomic E-state index is 10.6. The van der Waals surface area contributed by atoms with Crippen molar-refractivity contribution in [1.82, 2.24) is 9.97 Å². The molecule has 0 amide bonds. The van der Waals surface area contributed by atoms with Gasteiger partial charge in [0.1, 0.15) is 0 Å². The van der Waals surface area contributed by atoms with Gasteiger partial charge in [-0.2, -0.15) is 0 Å². The number of aryl methyl sites for hydroxylation is 1. The highest BCUT2D eigenvalue weighted by molar-refractivity contribution is 4.98. The molecule has 0 saturated carbocycles. The van der Waals surface area contributed by atoms with Crippen molar-refractivity contribution in [2.24, 2.45) is 0 Å². The number of aromatic amines is 2. The smallest absolute Gasteiger partial charge is 0.314 e. The number of hydrogen-bond acceptors (Lipinski definition) is 2. The van der Waals surface area contributed by atoms with Crippen molar-refractivity contribution in [1.29, 1.82) is 0 Å². The van der Waals surface area contributed by atoms with E-state index in [0.29, 0.717) is 5.56 Å². The highest BCUT2D eigenvalue weighted by atomic mass is 16.2. The van der Waals surface area contributed by atoms with Crippen LogP contribution >= 0.6 is 0 Å². The fourth-order valence-electron chi connectivity index (χ4n) is 0.477. The highest BCUT2D eigenvalue weighted by Crippen LogP contribution is 1.73. The number of aromatic nitrogens is 2. The molecule has 0 radical (unpaired) electrons. The topological polar surface area (TPSA) is 65.7 Å². The fraction of sp³-hybridized carbons (Fsp3) is 0.200. The van der Waals surface area contributed by atoms with Crippen LogP contribution in [0, 0.1) is 6.92 Å². The number of nitrogens with one attached hydrogen (secondary N) is 2. The molecule has 0 aliphatic rings. The molecule has 1 aromatic rings. The van der Waals surface area contributed by atoms with Crippen molar-refractivity contribution in [3.63, 3.8) is 0 Å². The average Bonchev–Trinajstić information content (AvgIpc) is 1.80. The molecule has 0 unspecified atom stereocenters. The van der Waals surface area contributed by atoms with E-state index in [1.54, 1.807) is 6.92 Å². The molecule has 4 heteroatoms. The average molecular weight is 128 g/mol. The molecule has 0 bridgehead atoms. The first-order valence-electron chi connectivity index (χ1n) is 2.49. The van der Waals surface area contributed by atoms with Gasteiger partial charge in [-0.05, 0) is 6.92 Å². The molecule has 0 saturated heterocycles. The van der Waals surface area contributed by atoms with Crippen molar-refractivity contribution in [2.75, 3.05) is 0 Å². The van der Waals surface area contributed by atoms with E-state index >= 15 is 0 Å². The third-order valence-electron chi connectivity index (χ3n) is 1.00. The van der Waals surface area contributed by atoms with Crippen LogP contribution < -0.4 is 11.2 Å². The summed E-state index contributed by atoms with van der Waals surface area (Å²) in [5, 5.41) is 0. The van der Waals surface area contributed by atoms with E-state index < -0.39 is 5.69 Å². The van der Waals surface area contributed by atoms with Crippen LogP contribution in [0.5, 0.6) is 0 Å². The van der Waals surface area contributed by atoms with Crippen LogP contribution in [0.2, 0.25) is 0 Å². The van der Waals surface area contributed by atoms with Gasteiger partial charge in [0.05, 0.1) is 0 Å². The van der Waals surface area contributed by atoms with Gasteiger partial charge in [0.25, 0.3) is 5.56 Å². The van der Waals surface area contributed by atoms with Gasteiger partial charge < -0.3 is 4.98 Å². The minimum absolute atomic E-state index is 0.334. The largest absolute Gasteiger partial charge is 0.325 e. The molecule has 0 aromatic carbocycles. The number of H-pyrrole nitrogens is 2.